The van der Waals surface area contributed by atoms with Crippen molar-refractivity contribution in [3.63, 3.8) is 0 Å². The highest BCUT2D eigenvalue weighted by molar-refractivity contribution is 7.90. The van der Waals surface area contributed by atoms with Gasteiger partial charge in [-0.05, 0) is 23.0 Å². The Morgan fingerprint density at radius 1 is 1.16 bits per heavy atom. The van der Waals surface area contributed by atoms with Gasteiger partial charge in [-0.3, -0.25) is 0 Å². The lowest BCUT2D eigenvalue weighted by Crippen LogP contribution is -2.13. The fourth-order valence-corrected chi connectivity index (χ4v) is 3.54. The molecule has 0 unspecified atom stereocenters. The van der Waals surface area contributed by atoms with Crippen LogP contribution in [0.5, 0.6) is 0 Å². The van der Waals surface area contributed by atoms with Gasteiger partial charge in [0.2, 0.25) is 0 Å². The Hall–Kier alpha value is -1.23. The maximum absolute atomic E-state index is 11.7. The molecule has 0 aromatic heterocycles. The van der Waals surface area contributed by atoms with Crippen molar-refractivity contribution >= 4 is 21.2 Å². The molecule has 5 heteroatoms. The molecular formula is C14H22N2O2S. The Kier molecular flexibility index (Phi) is 2.90. The normalized spacial score (nSPS) is 21.1. The van der Waals surface area contributed by atoms with Crippen molar-refractivity contribution in [3.8, 4) is 0 Å². The third-order valence-corrected chi connectivity index (χ3v) is 5.94. The van der Waals surface area contributed by atoms with Crippen molar-refractivity contribution in [1.82, 2.24) is 0 Å². The van der Waals surface area contributed by atoms with Gasteiger partial charge in [0.25, 0.3) is 0 Å². The lowest BCUT2D eigenvalue weighted by Gasteiger charge is -2.13. The Labute approximate surface area is 115 Å². The number of hydrogen-bond acceptors (Lipinski definition) is 4. The first-order chi connectivity index (χ1) is 8.49. The number of hydrogen-bond donors (Lipinski definition) is 2. The van der Waals surface area contributed by atoms with Crippen molar-refractivity contribution < 1.29 is 8.42 Å². The number of nitrogens with two attached hydrogens (primary N) is 1. The van der Waals surface area contributed by atoms with Crippen LogP contribution in [-0.2, 0) is 9.84 Å². The average molecular weight is 282 g/mol. The van der Waals surface area contributed by atoms with E-state index < -0.39 is 9.84 Å². The average Bonchev–Trinajstić information content (AvgIpc) is 2.61. The minimum atomic E-state index is -3.29. The van der Waals surface area contributed by atoms with E-state index in [2.05, 4.69) is 33.0 Å². The van der Waals surface area contributed by atoms with Crippen molar-refractivity contribution in [2.75, 3.05) is 17.3 Å². The molecule has 1 aromatic rings. The van der Waals surface area contributed by atoms with Gasteiger partial charge in [-0.2, -0.15) is 0 Å². The molecule has 0 radical (unpaired) electrons. The molecule has 1 aliphatic rings. The zero-order valence-electron chi connectivity index (χ0n) is 12.1. The third-order valence-electron chi connectivity index (χ3n) is 4.79. The Balaban J connectivity index is 2.35. The molecule has 0 bridgehead atoms. The second kappa shape index (κ2) is 3.88. The van der Waals surface area contributed by atoms with Crippen LogP contribution in [0.3, 0.4) is 0 Å². The summed E-state index contributed by atoms with van der Waals surface area (Å²) in [5.41, 5.74) is 7.32. The third kappa shape index (κ3) is 2.10. The molecular weight excluding hydrogens is 260 g/mol. The molecule has 19 heavy (non-hydrogen) atoms. The van der Waals surface area contributed by atoms with Gasteiger partial charge in [0.1, 0.15) is 0 Å². The number of nitrogens with one attached hydrogen (secondary N) is 1. The zero-order chi connectivity index (χ0) is 14.6. The molecule has 0 atom stereocenters. The largest absolute Gasteiger partial charge is 0.396 e. The molecule has 1 fully saturated rings. The second-order valence-electron chi connectivity index (χ2n) is 6.51. The predicted octanol–water partition coefficient (Wildman–Crippen LogP) is 2.52. The first-order valence-corrected chi connectivity index (χ1v) is 8.24. The highest BCUT2D eigenvalue weighted by Gasteiger charge is 2.65. The SMILES string of the molecule is CC1(C)C(Nc2cccc(S(C)(=O)=O)c2N)C1(C)C. The number of para-hydroxylation sites is 1. The summed E-state index contributed by atoms with van der Waals surface area (Å²) in [5.74, 6) is 0. The molecule has 0 heterocycles. The van der Waals surface area contributed by atoms with Gasteiger partial charge in [0.05, 0.1) is 16.3 Å². The maximum atomic E-state index is 11.7. The Morgan fingerprint density at radius 2 is 1.68 bits per heavy atom. The number of benzene rings is 1. The predicted molar refractivity (Wildman–Crippen MR) is 78.9 cm³/mol. The van der Waals surface area contributed by atoms with Crippen LogP contribution in [0.4, 0.5) is 11.4 Å². The molecule has 106 valence electrons. The van der Waals surface area contributed by atoms with E-state index in [0.717, 1.165) is 0 Å². The van der Waals surface area contributed by atoms with E-state index in [4.69, 9.17) is 5.73 Å². The van der Waals surface area contributed by atoms with Crippen LogP contribution < -0.4 is 11.1 Å². The number of anilines is 2. The lowest BCUT2D eigenvalue weighted by molar-refractivity contribution is 0.457. The minimum absolute atomic E-state index is 0.167. The van der Waals surface area contributed by atoms with Gasteiger partial charge in [-0.25, -0.2) is 8.42 Å². The molecule has 1 aromatic carbocycles. The molecule has 0 spiro atoms. The maximum Gasteiger partial charge on any atom is 0.177 e. The van der Waals surface area contributed by atoms with Gasteiger partial charge in [0.15, 0.2) is 9.84 Å². The van der Waals surface area contributed by atoms with Gasteiger partial charge in [0, 0.05) is 12.3 Å². The molecule has 1 aliphatic carbocycles. The molecule has 2 rings (SSSR count). The topological polar surface area (TPSA) is 72.2 Å². The van der Waals surface area contributed by atoms with E-state index in [-0.39, 0.29) is 21.8 Å². The van der Waals surface area contributed by atoms with Crippen LogP contribution in [0, 0.1) is 10.8 Å². The molecule has 0 aliphatic heterocycles. The summed E-state index contributed by atoms with van der Waals surface area (Å²) < 4.78 is 23.3. The summed E-state index contributed by atoms with van der Waals surface area (Å²) in [6, 6.07) is 5.38. The first-order valence-electron chi connectivity index (χ1n) is 6.34. The number of sulfone groups is 1. The summed E-state index contributed by atoms with van der Waals surface area (Å²) in [6.45, 7) is 8.78. The number of rotatable bonds is 3. The van der Waals surface area contributed by atoms with Crippen LogP contribution >= 0.6 is 0 Å². The minimum Gasteiger partial charge on any atom is -0.396 e. The summed E-state index contributed by atoms with van der Waals surface area (Å²) in [7, 11) is -3.29. The van der Waals surface area contributed by atoms with E-state index in [1.807, 2.05) is 6.07 Å². The molecule has 4 nitrogen and oxygen atoms in total. The fourth-order valence-electron chi connectivity index (χ4n) is 2.71. The van der Waals surface area contributed by atoms with Crippen molar-refractivity contribution in [3.05, 3.63) is 18.2 Å². The number of nitrogen functional groups attached to an aromatic ring is 1. The molecule has 1 saturated carbocycles. The van der Waals surface area contributed by atoms with E-state index in [9.17, 15) is 8.42 Å². The van der Waals surface area contributed by atoms with Gasteiger partial charge >= 0.3 is 0 Å². The Morgan fingerprint density at radius 3 is 2.11 bits per heavy atom. The smallest absolute Gasteiger partial charge is 0.177 e. The first kappa shape index (κ1) is 14.2. The van der Waals surface area contributed by atoms with Crippen molar-refractivity contribution in [1.29, 1.82) is 0 Å². The molecule has 3 N–H and O–H groups in total. The summed E-state index contributed by atoms with van der Waals surface area (Å²) in [5, 5.41) is 3.39. The highest BCUT2D eigenvalue weighted by Crippen LogP contribution is 2.63. The molecule has 0 saturated heterocycles. The quantitative estimate of drug-likeness (QED) is 0.836. The Bertz CT molecular complexity index is 604. The van der Waals surface area contributed by atoms with E-state index in [1.165, 1.54) is 6.26 Å². The van der Waals surface area contributed by atoms with Gasteiger partial charge in [-0.15, -0.1) is 0 Å². The monoisotopic (exact) mass is 282 g/mol. The summed E-state index contributed by atoms with van der Waals surface area (Å²) in [4.78, 5) is 0.189. The summed E-state index contributed by atoms with van der Waals surface area (Å²) >= 11 is 0. The van der Waals surface area contributed by atoms with Crippen LogP contribution in [0.2, 0.25) is 0 Å². The lowest BCUT2D eigenvalue weighted by atomic mass is 10.0. The highest BCUT2D eigenvalue weighted by atomic mass is 32.2. The van der Waals surface area contributed by atoms with Crippen LogP contribution in [0.15, 0.2) is 23.1 Å². The standard InChI is InChI=1S/C14H22N2O2S/c1-13(2)12(14(13,3)4)16-9-7-6-8-10(11(9)15)19(5,17)18/h6-8,12,16H,15H2,1-5H3. The second-order valence-corrected chi connectivity index (χ2v) is 8.49. The fraction of sp³-hybridized carbons (Fsp3) is 0.571. The van der Waals surface area contributed by atoms with E-state index in [1.54, 1.807) is 12.1 Å². The van der Waals surface area contributed by atoms with Gasteiger partial charge < -0.3 is 11.1 Å². The van der Waals surface area contributed by atoms with Crippen molar-refractivity contribution in [2.24, 2.45) is 10.8 Å². The summed E-state index contributed by atoms with van der Waals surface area (Å²) in [6.07, 6.45) is 1.17. The van der Waals surface area contributed by atoms with Crippen LogP contribution in [0.1, 0.15) is 27.7 Å². The zero-order valence-corrected chi connectivity index (χ0v) is 12.9. The van der Waals surface area contributed by atoms with Crippen molar-refractivity contribution in [2.45, 2.75) is 38.6 Å². The van der Waals surface area contributed by atoms with Crippen LogP contribution in [-0.4, -0.2) is 20.7 Å². The van der Waals surface area contributed by atoms with E-state index in [0.29, 0.717) is 11.4 Å². The molecule has 0 amide bonds. The van der Waals surface area contributed by atoms with Crippen LogP contribution in [0.25, 0.3) is 0 Å². The van der Waals surface area contributed by atoms with E-state index >= 15 is 0 Å². The van der Waals surface area contributed by atoms with Gasteiger partial charge in [-0.1, -0.05) is 33.8 Å².